The van der Waals surface area contributed by atoms with Crippen LogP contribution in [0.2, 0.25) is 0 Å². The van der Waals surface area contributed by atoms with E-state index in [1.807, 2.05) is 39.2 Å². The highest BCUT2D eigenvalue weighted by Crippen LogP contribution is 2.32. The van der Waals surface area contributed by atoms with Gasteiger partial charge in [0.1, 0.15) is 5.82 Å². The summed E-state index contributed by atoms with van der Waals surface area (Å²) in [5, 5.41) is 2.20. The van der Waals surface area contributed by atoms with E-state index in [4.69, 9.17) is 0 Å². The maximum atomic E-state index is 13.3. The largest absolute Gasteiger partial charge is 0.286 e. The molecule has 0 fully saturated rings. The number of nitrogens with zero attached hydrogens (tertiary/aromatic N) is 1. The van der Waals surface area contributed by atoms with E-state index in [-0.39, 0.29) is 49.4 Å². The molecule has 0 bridgehead atoms. The predicted octanol–water partition coefficient (Wildman–Crippen LogP) is 4.44. The number of nitrogens with one attached hydrogen (secondary N) is 1. The minimum Gasteiger partial charge on any atom is -0.286 e. The summed E-state index contributed by atoms with van der Waals surface area (Å²) >= 11 is 1.27. The number of benzene rings is 1. The minimum absolute atomic E-state index is 0. The average Bonchev–Trinajstić information content (AvgIpc) is 3.20. The van der Waals surface area contributed by atoms with Crippen molar-refractivity contribution in [2.45, 2.75) is 44.9 Å². The summed E-state index contributed by atoms with van der Waals surface area (Å²) in [6.07, 6.45) is 2.37. The van der Waals surface area contributed by atoms with Gasteiger partial charge in [0.2, 0.25) is 5.78 Å². The molecule has 0 radical (unpaired) electrons. The third kappa shape index (κ3) is 5.33. The van der Waals surface area contributed by atoms with Crippen molar-refractivity contribution < 1.29 is 13.4 Å². The molecule has 9 heteroatoms. The van der Waals surface area contributed by atoms with Crippen molar-refractivity contribution in [1.29, 1.82) is 0 Å². The first kappa shape index (κ1) is 25.0. The Morgan fingerprint density at radius 2 is 2.00 bits per heavy atom. The lowest BCUT2D eigenvalue weighted by Crippen LogP contribution is -2.34. The summed E-state index contributed by atoms with van der Waals surface area (Å²) in [5.41, 5.74) is 2.85. The molecule has 0 saturated heterocycles. The van der Waals surface area contributed by atoms with Crippen LogP contribution in [0.4, 0.5) is 4.39 Å². The van der Waals surface area contributed by atoms with Gasteiger partial charge in [-0.1, -0.05) is 12.1 Å². The highest BCUT2D eigenvalue weighted by molar-refractivity contribution is 7.84. The summed E-state index contributed by atoms with van der Waals surface area (Å²) in [7, 11) is -1.22. The number of hydrogen-bond acceptors (Lipinski definition) is 4. The molecule has 0 spiro atoms. The molecule has 28 heavy (non-hydrogen) atoms. The fourth-order valence-electron chi connectivity index (χ4n) is 2.63. The summed E-state index contributed by atoms with van der Waals surface area (Å²) in [5.74, 6) is -0.454. The van der Waals surface area contributed by atoms with Crippen molar-refractivity contribution in [3.8, 4) is 0 Å². The van der Waals surface area contributed by atoms with Gasteiger partial charge in [0.25, 0.3) is 0 Å². The number of thiazole rings is 1. The van der Waals surface area contributed by atoms with E-state index in [0.29, 0.717) is 22.7 Å². The number of aromatic nitrogens is 1. The van der Waals surface area contributed by atoms with Gasteiger partial charge in [-0.25, -0.2) is 18.3 Å². The number of rotatable bonds is 5. The SMILES string of the molecule is C[C@H](N[S@@](=O)C(C)(C)C)c1csc(C(=O)C2=CCc3cc(F)ccc32)n1.S.S. The highest BCUT2D eigenvalue weighted by atomic mass is 32.2. The van der Waals surface area contributed by atoms with Gasteiger partial charge in [-0.3, -0.25) is 4.79 Å². The summed E-state index contributed by atoms with van der Waals surface area (Å²) in [6.45, 7) is 7.56. The van der Waals surface area contributed by atoms with Crippen LogP contribution in [0, 0.1) is 5.82 Å². The standard InChI is InChI=1S/C19H21FN2O2S2.2H2S/c1-11(22-26(24)19(2,3)4)16-10-25-18(21-16)17(23)15-7-5-12-9-13(20)6-8-14(12)15;;/h6-11,22H,5H2,1-4H3;2*1H2/t11-,26-;;/m0../s1. The molecule has 0 amide bonds. The van der Waals surface area contributed by atoms with Gasteiger partial charge in [0.15, 0.2) is 5.01 Å². The molecule has 1 aliphatic carbocycles. The molecular formula is C19H25FN2O2S4. The molecule has 0 saturated carbocycles. The van der Waals surface area contributed by atoms with Crippen LogP contribution in [0.3, 0.4) is 0 Å². The molecule has 154 valence electrons. The first-order valence-corrected chi connectivity index (χ1v) is 10.4. The number of allylic oxidation sites excluding steroid dienone is 2. The van der Waals surface area contributed by atoms with Gasteiger partial charge in [0, 0.05) is 11.0 Å². The molecule has 2 aromatic rings. The van der Waals surface area contributed by atoms with Crippen molar-refractivity contribution in [2.75, 3.05) is 0 Å². The lowest BCUT2D eigenvalue weighted by molar-refractivity contribution is 0.105. The third-order valence-corrected chi connectivity index (χ3v) is 6.67. The zero-order chi connectivity index (χ0) is 19.1. The molecule has 3 rings (SSSR count). The Hall–Kier alpha value is -1.00. The van der Waals surface area contributed by atoms with Crippen LogP contribution in [0.15, 0.2) is 29.7 Å². The summed E-state index contributed by atoms with van der Waals surface area (Å²) < 4.78 is 28.2. The van der Waals surface area contributed by atoms with Crippen LogP contribution in [-0.2, 0) is 17.4 Å². The summed E-state index contributed by atoms with van der Waals surface area (Å²) in [4.78, 5) is 17.3. The van der Waals surface area contributed by atoms with E-state index in [1.54, 1.807) is 6.07 Å². The molecule has 4 nitrogen and oxygen atoms in total. The van der Waals surface area contributed by atoms with E-state index in [2.05, 4.69) is 9.71 Å². The Labute approximate surface area is 185 Å². The second kappa shape index (κ2) is 9.67. The molecule has 1 heterocycles. The fourth-order valence-corrected chi connectivity index (χ4v) is 4.29. The number of carbonyl (C=O) groups excluding carboxylic acids is 1. The Morgan fingerprint density at radius 1 is 1.32 bits per heavy atom. The van der Waals surface area contributed by atoms with E-state index >= 15 is 0 Å². The Kier molecular flexibility index (Phi) is 8.64. The normalized spacial score (nSPS) is 15.0. The topological polar surface area (TPSA) is 59.1 Å². The van der Waals surface area contributed by atoms with Gasteiger partial charge < -0.3 is 0 Å². The van der Waals surface area contributed by atoms with Crippen LogP contribution in [0.1, 0.15) is 60.4 Å². The Morgan fingerprint density at radius 3 is 2.64 bits per heavy atom. The van der Waals surface area contributed by atoms with Crippen LogP contribution in [0.25, 0.3) is 5.57 Å². The van der Waals surface area contributed by atoms with E-state index in [1.165, 1.54) is 23.5 Å². The van der Waals surface area contributed by atoms with Crippen LogP contribution in [0.5, 0.6) is 0 Å². The fraction of sp³-hybridized carbons (Fsp3) is 0.368. The first-order chi connectivity index (χ1) is 12.2. The van der Waals surface area contributed by atoms with Crippen molar-refractivity contribution in [2.24, 2.45) is 0 Å². The second-order valence-electron chi connectivity index (χ2n) is 7.25. The third-order valence-electron chi connectivity index (χ3n) is 4.13. The predicted molar refractivity (Wildman–Crippen MR) is 125 cm³/mol. The Bertz CT molecular complexity index is 919. The quantitative estimate of drug-likeness (QED) is 0.671. The van der Waals surface area contributed by atoms with Crippen molar-refractivity contribution in [1.82, 2.24) is 9.71 Å². The number of ketones is 1. The smallest absolute Gasteiger partial charge is 0.221 e. The van der Waals surface area contributed by atoms with Gasteiger partial charge in [-0.05, 0) is 57.4 Å². The average molecular weight is 461 g/mol. The molecule has 0 aliphatic heterocycles. The van der Waals surface area contributed by atoms with Crippen molar-refractivity contribution in [3.05, 3.63) is 57.3 Å². The number of fused-ring (bicyclic) bond motifs is 1. The number of carbonyl (C=O) groups is 1. The highest BCUT2D eigenvalue weighted by Gasteiger charge is 2.26. The molecule has 1 N–H and O–H groups in total. The first-order valence-electron chi connectivity index (χ1n) is 8.34. The number of halogens is 1. The number of hydrogen-bond donors (Lipinski definition) is 1. The zero-order valence-electron chi connectivity index (χ0n) is 16.1. The van der Waals surface area contributed by atoms with Gasteiger partial charge in [0.05, 0.1) is 27.5 Å². The van der Waals surface area contributed by atoms with Gasteiger partial charge >= 0.3 is 0 Å². The minimum atomic E-state index is -1.22. The Balaban J connectivity index is 0.00000196. The molecular weight excluding hydrogens is 435 g/mol. The molecule has 1 aliphatic rings. The van der Waals surface area contributed by atoms with Crippen LogP contribution in [-0.4, -0.2) is 19.7 Å². The van der Waals surface area contributed by atoms with Crippen LogP contribution < -0.4 is 4.72 Å². The molecule has 1 aromatic heterocycles. The summed E-state index contributed by atoms with van der Waals surface area (Å²) in [6, 6.07) is 4.25. The van der Waals surface area contributed by atoms with E-state index in [0.717, 1.165) is 11.1 Å². The van der Waals surface area contributed by atoms with E-state index < -0.39 is 11.0 Å². The molecule has 1 aromatic carbocycles. The second-order valence-corrected chi connectivity index (χ2v) is 10.1. The van der Waals surface area contributed by atoms with Gasteiger partial charge in [-0.15, -0.1) is 11.3 Å². The molecule has 0 unspecified atom stereocenters. The van der Waals surface area contributed by atoms with Gasteiger partial charge in [-0.2, -0.15) is 27.0 Å². The molecule has 2 atom stereocenters. The maximum absolute atomic E-state index is 13.3. The van der Waals surface area contributed by atoms with Crippen molar-refractivity contribution >= 4 is 60.7 Å². The zero-order valence-corrected chi connectivity index (χ0v) is 19.8. The van der Waals surface area contributed by atoms with E-state index in [9.17, 15) is 13.4 Å². The lowest BCUT2D eigenvalue weighted by atomic mass is 10.0. The lowest BCUT2D eigenvalue weighted by Gasteiger charge is -2.21. The number of Topliss-reactive ketones (excluding diaryl/α,β-unsaturated/α-hetero) is 1. The van der Waals surface area contributed by atoms with Crippen LogP contribution >= 0.6 is 38.3 Å². The maximum Gasteiger partial charge on any atom is 0.221 e. The monoisotopic (exact) mass is 460 g/mol. The van der Waals surface area contributed by atoms with Crippen molar-refractivity contribution in [3.63, 3.8) is 0 Å².